The topological polar surface area (TPSA) is 38.7 Å². The Morgan fingerprint density at radius 3 is 2.61 bits per heavy atom. The van der Waals surface area contributed by atoms with Crippen molar-refractivity contribution in [1.82, 2.24) is 0 Å². The lowest BCUT2D eigenvalue weighted by atomic mass is 9.97. The smallest absolute Gasteiger partial charge is 0.163 e. The predicted octanol–water partition coefficient (Wildman–Crippen LogP) is 2.58. The van der Waals surface area contributed by atoms with Gasteiger partial charge < -0.3 is 14.6 Å². The highest BCUT2D eigenvalue weighted by Gasteiger charge is 2.41. The molecule has 1 aliphatic heterocycles. The molecule has 0 bridgehead atoms. The third kappa shape index (κ3) is 2.44. The van der Waals surface area contributed by atoms with Crippen LogP contribution in [0.4, 0.5) is 0 Å². The summed E-state index contributed by atoms with van der Waals surface area (Å²) < 4.78 is 11.5. The van der Waals surface area contributed by atoms with E-state index in [0.29, 0.717) is 6.61 Å². The van der Waals surface area contributed by atoms with Crippen molar-refractivity contribution in [1.29, 1.82) is 0 Å². The molecular formula is C15H20O3. The van der Waals surface area contributed by atoms with Crippen molar-refractivity contribution >= 4 is 0 Å². The summed E-state index contributed by atoms with van der Waals surface area (Å²) in [6.45, 7) is 4.45. The van der Waals surface area contributed by atoms with Crippen molar-refractivity contribution in [3.63, 3.8) is 0 Å². The molecule has 1 saturated heterocycles. The Balaban J connectivity index is 1.83. The minimum absolute atomic E-state index is 0.0152. The molecule has 0 radical (unpaired) electrons. The molecule has 0 amide bonds. The van der Waals surface area contributed by atoms with E-state index in [4.69, 9.17) is 9.47 Å². The number of aliphatic hydroxyl groups is 1. The van der Waals surface area contributed by atoms with Gasteiger partial charge in [0.15, 0.2) is 5.79 Å². The van der Waals surface area contributed by atoms with Gasteiger partial charge in [-0.25, -0.2) is 0 Å². The van der Waals surface area contributed by atoms with E-state index >= 15 is 0 Å². The van der Waals surface area contributed by atoms with Crippen LogP contribution in [0.5, 0.6) is 0 Å². The zero-order valence-corrected chi connectivity index (χ0v) is 11.0. The van der Waals surface area contributed by atoms with Gasteiger partial charge in [0.1, 0.15) is 6.10 Å². The van der Waals surface area contributed by atoms with E-state index in [1.54, 1.807) is 0 Å². The second kappa shape index (κ2) is 4.05. The summed E-state index contributed by atoms with van der Waals surface area (Å²) in [5.74, 6) is -0.506. The fraction of sp³-hybridized carbons (Fsp3) is 0.600. The van der Waals surface area contributed by atoms with Crippen molar-refractivity contribution < 1.29 is 14.6 Å². The Morgan fingerprint density at radius 1 is 1.28 bits per heavy atom. The van der Waals surface area contributed by atoms with Gasteiger partial charge >= 0.3 is 0 Å². The van der Waals surface area contributed by atoms with Crippen LogP contribution < -0.4 is 0 Å². The highest BCUT2D eigenvalue weighted by Crippen LogP contribution is 2.41. The van der Waals surface area contributed by atoms with Crippen molar-refractivity contribution in [2.75, 3.05) is 6.61 Å². The zero-order valence-electron chi connectivity index (χ0n) is 11.0. The molecule has 1 saturated carbocycles. The van der Waals surface area contributed by atoms with Crippen LogP contribution in [0.15, 0.2) is 24.3 Å². The molecule has 98 valence electrons. The van der Waals surface area contributed by atoms with Gasteiger partial charge in [-0.15, -0.1) is 0 Å². The van der Waals surface area contributed by atoms with Gasteiger partial charge in [-0.2, -0.15) is 0 Å². The number of benzene rings is 1. The van der Waals surface area contributed by atoms with Crippen LogP contribution in [0.2, 0.25) is 0 Å². The summed E-state index contributed by atoms with van der Waals surface area (Å²) >= 11 is 0. The van der Waals surface area contributed by atoms with E-state index in [9.17, 15) is 5.11 Å². The fourth-order valence-corrected chi connectivity index (χ4v) is 2.53. The molecule has 1 N–H and O–H groups in total. The van der Waals surface area contributed by atoms with Crippen LogP contribution >= 0.6 is 0 Å². The van der Waals surface area contributed by atoms with Crippen LogP contribution in [0.25, 0.3) is 0 Å². The van der Waals surface area contributed by atoms with E-state index in [1.165, 1.54) is 5.56 Å². The first kappa shape index (κ1) is 12.2. The molecule has 2 fully saturated rings. The van der Waals surface area contributed by atoms with Crippen LogP contribution in [-0.2, 0) is 15.9 Å². The molecule has 1 heterocycles. The van der Waals surface area contributed by atoms with Crippen molar-refractivity contribution in [3.8, 4) is 0 Å². The highest BCUT2D eigenvalue weighted by molar-refractivity contribution is 5.32. The van der Waals surface area contributed by atoms with E-state index in [0.717, 1.165) is 24.8 Å². The maximum Gasteiger partial charge on any atom is 0.163 e. The summed E-state index contributed by atoms with van der Waals surface area (Å²) in [5.41, 5.74) is 1.87. The quantitative estimate of drug-likeness (QED) is 0.893. The molecule has 0 aromatic heterocycles. The van der Waals surface area contributed by atoms with E-state index in [1.807, 2.05) is 26.0 Å². The SMILES string of the molecule is CC1(C)OCC(c2ccccc2CC2(O)CC2)O1. The first-order chi connectivity index (χ1) is 8.48. The summed E-state index contributed by atoms with van der Waals surface area (Å²) in [7, 11) is 0. The van der Waals surface area contributed by atoms with Crippen LogP contribution in [-0.4, -0.2) is 23.1 Å². The zero-order chi connectivity index (χ0) is 12.8. The minimum Gasteiger partial charge on any atom is -0.390 e. The molecule has 3 rings (SSSR count). The second-order valence-corrected chi connectivity index (χ2v) is 5.92. The van der Waals surface area contributed by atoms with E-state index < -0.39 is 11.4 Å². The van der Waals surface area contributed by atoms with Crippen LogP contribution in [0.3, 0.4) is 0 Å². The number of hydrogen-bond donors (Lipinski definition) is 1. The third-order valence-electron chi connectivity index (χ3n) is 3.76. The van der Waals surface area contributed by atoms with E-state index in [-0.39, 0.29) is 6.10 Å². The summed E-state index contributed by atoms with van der Waals surface area (Å²) in [6, 6.07) is 8.20. The highest BCUT2D eigenvalue weighted by atomic mass is 16.7. The molecule has 3 heteroatoms. The van der Waals surface area contributed by atoms with Crippen molar-refractivity contribution in [2.45, 2.75) is 50.6 Å². The van der Waals surface area contributed by atoms with Gasteiger partial charge in [-0.1, -0.05) is 24.3 Å². The predicted molar refractivity (Wildman–Crippen MR) is 68.2 cm³/mol. The third-order valence-corrected chi connectivity index (χ3v) is 3.76. The average Bonchev–Trinajstić information content (AvgIpc) is 2.91. The molecule has 1 atom stereocenters. The first-order valence-corrected chi connectivity index (χ1v) is 6.59. The molecule has 0 spiro atoms. The fourth-order valence-electron chi connectivity index (χ4n) is 2.53. The van der Waals surface area contributed by atoms with Gasteiger partial charge in [-0.3, -0.25) is 0 Å². The first-order valence-electron chi connectivity index (χ1n) is 6.59. The standard InChI is InChI=1S/C15H20O3/c1-14(2)17-10-13(18-14)12-6-4-3-5-11(12)9-15(16)7-8-15/h3-6,13,16H,7-10H2,1-2H3. The largest absolute Gasteiger partial charge is 0.390 e. The Hall–Kier alpha value is -0.900. The van der Waals surface area contributed by atoms with Crippen molar-refractivity contribution in [3.05, 3.63) is 35.4 Å². The molecule has 1 aromatic carbocycles. The molecule has 18 heavy (non-hydrogen) atoms. The van der Waals surface area contributed by atoms with Gasteiger partial charge in [0.05, 0.1) is 12.2 Å². The average molecular weight is 248 g/mol. The van der Waals surface area contributed by atoms with Gasteiger partial charge in [0.2, 0.25) is 0 Å². The Morgan fingerprint density at radius 2 is 2.00 bits per heavy atom. The second-order valence-electron chi connectivity index (χ2n) is 5.92. The molecule has 1 unspecified atom stereocenters. The van der Waals surface area contributed by atoms with Crippen molar-refractivity contribution in [2.24, 2.45) is 0 Å². The molecule has 1 aromatic rings. The molecule has 1 aliphatic carbocycles. The maximum absolute atomic E-state index is 10.1. The Bertz CT molecular complexity index is 449. The van der Waals surface area contributed by atoms with Gasteiger partial charge in [0.25, 0.3) is 0 Å². The lowest BCUT2D eigenvalue weighted by Gasteiger charge is -2.19. The number of rotatable bonds is 3. The maximum atomic E-state index is 10.1. The van der Waals surface area contributed by atoms with Gasteiger partial charge in [0, 0.05) is 6.42 Å². The lowest BCUT2D eigenvalue weighted by Crippen LogP contribution is -2.20. The monoisotopic (exact) mass is 248 g/mol. The summed E-state index contributed by atoms with van der Waals surface area (Å²) in [4.78, 5) is 0. The van der Waals surface area contributed by atoms with Crippen LogP contribution in [0.1, 0.15) is 43.9 Å². The Kier molecular flexibility index (Phi) is 2.73. The summed E-state index contributed by atoms with van der Waals surface area (Å²) in [6.07, 6.45) is 2.53. The van der Waals surface area contributed by atoms with Gasteiger partial charge in [-0.05, 0) is 37.8 Å². The van der Waals surface area contributed by atoms with Crippen LogP contribution in [0, 0.1) is 0 Å². The molecule has 3 nitrogen and oxygen atoms in total. The molecular weight excluding hydrogens is 228 g/mol. The molecule has 2 aliphatic rings. The lowest BCUT2D eigenvalue weighted by molar-refractivity contribution is -0.139. The number of ether oxygens (including phenoxy) is 2. The Labute approximate surface area is 108 Å². The normalized spacial score (nSPS) is 28.3. The minimum atomic E-state index is -0.506. The van der Waals surface area contributed by atoms with E-state index in [2.05, 4.69) is 12.1 Å². The number of hydrogen-bond acceptors (Lipinski definition) is 3. The summed E-state index contributed by atoms with van der Waals surface area (Å²) in [5, 5.41) is 10.1.